The molecule has 2 amide bonds. The van der Waals surface area contributed by atoms with Crippen molar-refractivity contribution < 1.29 is 9.59 Å². The number of amides is 2. The Morgan fingerprint density at radius 2 is 1.48 bits per heavy atom. The molecule has 6 heteroatoms. The van der Waals surface area contributed by atoms with Gasteiger partial charge in [-0.05, 0) is 56.1 Å². The van der Waals surface area contributed by atoms with Gasteiger partial charge in [-0.25, -0.2) is 0 Å². The molecule has 0 aliphatic heterocycles. The number of hydrogen-bond acceptors (Lipinski definition) is 4. The average Bonchev–Trinajstić information content (AvgIpc) is 2.61. The number of anilines is 2. The Hall–Kier alpha value is -2.70. The lowest BCUT2D eigenvalue weighted by atomic mass is 10.1. The Morgan fingerprint density at radius 1 is 0.920 bits per heavy atom. The predicted molar refractivity (Wildman–Crippen MR) is 101 cm³/mol. The lowest BCUT2D eigenvalue weighted by Crippen LogP contribution is -2.20. The number of nitrogens with two attached hydrogens (primary N) is 1. The van der Waals surface area contributed by atoms with Crippen LogP contribution in [0, 0.1) is 0 Å². The molecule has 2 aromatic rings. The van der Waals surface area contributed by atoms with E-state index in [1.54, 1.807) is 36.4 Å². The molecule has 2 aromatic carbocycles. The molecule has 0 aliphatic carbocycles. The second-order valence-electron chi connectivity index (χ2n) is 6.03. The molecule has 0 spiro atoms. The summed E-state index contributed by atoms with van der Waals surface area (Å²) in [6.07, 6.45) is 0.435. The highest BCUT2D eigenvalue weighted by atomic mass is 16.2. The molecular weight excluding hydrogens is 316 g/mol. The summed E-state index contributed by atoms with van der Waals surface area (Å²) in [6, 6.07) is 14.2. The molecule has 0 bridgehead atoms. The van der Waals surface area contributed by atoms with Crippen LogP contribution in [0.25, 0.3) is 0 Å². The molecule has 0 radical (unpaired) electrons. The van der Waals surface area contributed by atoms with Crippen LogP contribution in [-0.4, -0.2) is 37.4 Å². The van der Waals surface area contributed by atoms with Crippen LogP contribution in [0.3, 0.4) is 0 Å². The van der Waals surface area contributed by atoms with E-state index in [1.807, 2.05) is 31.1 Å². The minimum absolute atomic E-state index is 0.0366. The predicted octanol–water partition coefficient (Wildman–Crippen LogP) is 2.29. The maximum Gasteiger partial charge on any atom is 0.255 e. The summed E-state index contributed by atoms with van der Waals surface area (Å²) in [5.74, 6) is -0.225. The average molecular weight is 340 g/mol. The van der Waals surface area contributed by atoms with Crippen molar-refractivity contribution in [3.8, 4) is 0 Å². The zero-order valence-corrected chi connectivity index (χ0v) is 14.6. The number of carbonyl (C=O) groups is 2. The molecule has 0 atom stereocenters. The number of nitrogens with zero attached hydrogens (tertiary/aromatic N) is 1. The minimum Gasteiger partial charge on any atom is -0.326 e. The molecule has 132 valence electrons. The molecule has 0 saturated carbocycles. The van der Waals surface area contributed by atoms with Crippen molar-refractivity contribution in [1.82, 2.24) is 4.90 Å². The van der Waals surface area contributed by atoms with E-state index in [0.29, 0.717) is 36.4 Å². The summed E-state index contributed by atoms with van der Waals surface area (Å²) in [5.41, 5.74) is 8.46. The van der Waals surface area contributed by atoms with Gasteiger partial charge in [0.1, 0.15) is 0 Å². The lowest BCUT2D eigenvalue weighted by Gasteiger charge is -2.10. The van der Waals surface area contributed by atoms with Crippen LogP contribution < -0.4 is 16.4 Å². The smallest absolute Gasteiger partial charge is 0.255 e. The topological polar surface area (TPSA) is 87.5 Å². The van der Waals surface area contributed by atoms with Gasteiger partial charge in [-0.3, -0.25) is 9.59 Å². The number of hydrogen-bond donors (Lipinski definition) is 3. The molecule has 4 N–H and O–H groups in total. The van der Waals surface area contributed by atoms with Crippen LogP contribution in [-0.2, 0) is 11.3 Å². The van der Waals surface area contributed by atoms with Crippen LogP contribution in [0.4, 0.5) is 11.4 Å². The first kappa shape index (κ1) is 18.6. The van der Waals surface area contributed by atoms with Gasteiger partial charge in [0.05, 0.1) is 0 Å². The van der Waals surface area contributed by atoms with Gasteiger partial charge in [0.15, 0.2) is 0 Å². The van der Waals surface area contributed by atoms with Crippen molar-refractivity contribution in [1.29, 1.82) is 0 Å². The second kappa shape index (κ2) is 8.96. The summed E-state index contributed by atoms with van der Waals surface area (Å²) in [6.45, 7) is 1.15. The van der Waals surface area contributed by atoms with E-state index in [-0.39, 0.29) is 11.8 Å². The van der Waals surface area contributed by atoms with E-state index in [2.05, 4.69) is 10.6 Å². The van der Waals surface area contributed by atoms with Gasteiger partial charge in [-0.1, -0.05) is 12.1 Å². The van der Waals surface area contributed by atoms with Gasteiger partial charge in [-0.15, -0.1) is 0 Å². The number of benzene rings is 2. The van der Waals surface area contributed by atoms with E-state index < -0.39 is 0 Å². The second-order valence-corrected chi connectivity index (χ2v) is 6.03. The quantitative estimate of drug-likeness (QED) is 0.722. The fourth-order valence-corrected chi connectivity index (χ4v) is 2.18. The van der Waals surface area contributed by atoms with Crippen molar-refractivity contribution in [2.75, 3.05) is 31.3 Å². The molecule has 0 saturated heterocycles. The van der Waals surface area contributed by atoms with Crippen LogP contribution in [0.1, 0.15) is 22.3 Å². The normalized spacial score (nSPS) is 10.6. The van der Waals surface area contributed by atoms with Crippen molar-refractivity contribution in [3.05, 3.63) is 59.7 Å². The molecule has 0 heterocycles. The standard InChI is InChI=1S/C19H24N4O2/c1-23(2)12-11-18(24)21-16-7-9-17(10-8-16)22-19(25)15-5-3-14(13-20)4-6-15/h3-10H,11-13,20H2,1-2H3,(H,21,24)(H,22,25). The maximum absolute atomic E-state index is 12.2. The highest BCUT2D eigenvalue weighted by molar-refractivity contribution is 6.04. The summed E-state index contributed by atoms with van der Waals surface area (Å²) >= 11 is 0. The third kappa shape index (κ3) is 6.02. The van der Waals surface area contributed by atoms with Gasteiger partial charge < -0.3 is 21.3 Å². The van der Waals surface area contributed by atoms with Crippen LogP contribution in [0.15, 0.2) is 48.5 Å². The highest BCUT2D eigenvalue weighted by Gasteiger charge is 2.07. The Balaban J connectivity index is 1.90. The van der Waals surface area contributed by atoms with Gasteiger partial charge >= 0.3 is 0 Å². The molecule has 2 rings (SSSR count). The van der Waals surface area contributed by atoms with Crippen LogP contribution in [0.2, 0.25) is 0 Å². The first-order valence-corrected chi connectivity index (χ1v) is 8.13. The molecule has 0 aliphatic rings. The maximum atomic E-state index is 12.2. The van der Waals surface area contributed by atoms with Gasteiger partial charge in [0, 0.05) is 36.4 Å². The van der Waals surface area contributed by atoms with Crippen molar-refractivity contribution >= 4 is 23.2 Å². The van der Waals surface area contributed by atoms with Gasteiger partial charge in [-0.2, -0.15) is 0 Å². The lowest BCUT2D eigenvalue weighted by molar-refractivity contribution is -0.116. The highest BCUT2D eigenvalue weighted by Crippen LogP contribution is 2.15. The Morgan fingerprint density at radius 3 is 2.00 bits per heavy atom. The van der Waals surface area contributed by atoms with E-state index >= 15 is 0 Å². The molecule has 0 unspecified atom stereocenters. The third-order valence-electron chi connectivity index (χ3n) is 3.66. The molecule has 25 heavy (non-hydrogen) atoms. The van der Waals surface area contributed by atoms with Crippen LogP contribution in [0.5, 0.6) is 0 Å². The first-order valence-electron chi connectivity index (χ1n) is 8.13. The third-order valence-corrected chi connectivity index (χ3v) is 3.66. The fourth-order valence-electron chi connectivity index (χ4n) is 2.18. The van der Waals surface area contributed by atoms with E-state index in [1.165, 1.54) is 0 Å². The molecule has 0 aromatic heterocycles. The number of rotatable bonds is 7. The zero-order chi connectivity index (χ0) is 18.2. The first-order chi connectivity index (χ1) is 12.0. The summed E-state index contributed by atoms with van der Waals surface area (Å²) in [7, 11) is 3.85. The Kier molecular flexibility index (Phi) is 6.68. The summed E-state index contributed by atoms with van der Waals surface area (Å²) in [4.78, 5) is 26.0. The molecule has 0 fully saturated rings. The van der Waals surface area contributed by atoms with Gasteiger partial charge in [0.2, 0.25) is 5.91 Å². The van der Waals surface area contributed by atoms with Gasteiger partial charge in [0.25, 0.3) is 5.91 Å². The number of carbonyl (C=O) groups excluding carboxylic acids is 2. The summed E-state index contributed by atoms with van der Waals surface area (Å²) < 4.78 is 0. The van der Waals surface area contributed by atoms with Crippen molar-refractivity contribution in [2.24, 2.45) is 5.73 Å². The number of nitrogens with one attached hydrogen (secondary N) is 2. The Bertz CT molecular complexity index is 709. The molecule has 6 nitrogen and oxygen atoms in total. The monoisotopic (exact) mass is 340 g/mol. The van der Waals surface area contributed by atoms with E-state index in [9.17, 15) is 9.59 Å². The summed E-state index contributed by atoms with van der Waals surface area (Å²) in [5, 5.41) is 5.66. The largest absolute Gasteiger partial charge is 0.326 e. The zero-order valence-electron chi connectivity index (χ0n) is 14.6. The minimum atomic E-state index is -0.189. The fraction of sp³-hybridized carbons (Fsp3) is 0.263. The Labute approximate surface area is 148 Å². The van der Waals surface area contributed by atoms with Crippen LogP contribution >= 0.6 is 0 Å². The van der Waals surface area contributed by atoms with E-state index in [0.717, 1.165) is 5.56 Å². The van der Waals surface area contributed by atoms with Crippen molar-refractivity contribution in [3.63, 3.8) is 0 Å². The van der Waals surface area contributed by atoms with Crippen molar-refractivity contribution in [2.45, 2.75) is 13.0 Å². The molecular formula is C19H24N4O2. The van der Waals surface area contributed by atoms with E-state index in [4.69, 9.17) is 5.73 Å². The SMILES string of the molecule is CN(C)CCC(=O)Nc1ccc(NC(=O)c2ccc(CN)cc2)cc1.